The van der Waals surface area contributed by atoms with Gasteiger partial charge in [0.1, 0.15) is 17.5 Å². The summed E-state index contributed by atoms with van der Waals surface area (Å²) in [4.78, 5) is 14.0. The van der Waals surface area contributed by atoms with Crippen molar-refractivity contribution in [1.29, 1.82) is 0 Å². The van der Waals surface area contributed by atoms with Crippen molar-refractivity contribution in [2.75, 3.05) is 20.3 Å². The van der Waals surface area contributed by atoms with E-state index in [2.05, 4.69) is 0 Å². The van der Waals surface area contributed by atoms with E-state index in [1.54, 1.807) is 18.1 Å². The Balaban J connectivity index is 2.12. The average molecular weight is 335 g/mol. The summed E-state index contributed by atoms with van der Waals surface area (Å²) in [6.07, 6.45) is 0.510. The van der Waals surface area contributed by atoms with Crippen molar-refractivity contribution in [3.05, 3.63) is 17.7 Å². The number of methoxy groups -OCH3 is 1. The second kappa shape index (κ2) is 6.16. The first kappa shape index (κ1) is 16.9. The van der Waals surface area contributed by atoms with Crippen LogP contribution in [0.1, 0.15) is 45.2 Å². The molecule has 1 amide bonds. The van der Waals surface area contributed by atoms with Crippen molar-refractivity contribution in [2.24, 2.45) is 0 Å². The molecule has 0 saturated carbocycles. The fourth-order valence-electron chi connectivity index (χ4n) is 3.50. The van der Waals surface area contributed by atoms with Gasteiger partial charge in [-0.2, -0.15) is 0 Å². The van der Waals surface area contributed by atoms with Crippen LogP contribution in [0.15, 0.2) is 12.1 Å². The van der Waals surface area contributed by atoms with Gasteiger partial charge in [0.2, 0.25) is 5.91 Å². The maximum atomic E-state index is 12.3. The lowest BCUT2D eigenvalue weighted by atomic mass is 9.85. The number of hydrogen-bond acceptors (Lipinski definition) is 5. The second-order valence-electron chi connectivity index (χ2n) is 6.76. The minimum Gasteiger partial charge on any atom is -0.493 e. The van der Waals surface area contributed by atoms with Gasteiger partial charge in [0.15, 0.2) is 11.5 Å². The first-order chi connectivity index (χ1) is 11.4. The van der Waals surface area contributed by atoms with Crippen LogP contribution in [0, 0.1) is 0 Å². The van der Waals surface area contributed by atoms with Crippen LogP contribution in [-0.4, -0.2) is 47.9 Å². The van der Waals surface area contributed by atoms with Gasteiger partial charge in [-0.05, 0) is 33.3 Å². The minimum atomic E-state index is -0.824. The van der Waals surface area contributed by atoms with E-state index < -0.39 is 17.7 Å². The molecule has 1 N–H and O–H groups in total. The van der Waals surface area contributed by atoms with Crippen LogP contribution in [-0.2, 0) is 4.79 Å². The highest BCUT2D eigenvalue weighted by atomic mass is 16.5. The van der Waals surface area contributed by atoms with Crippen molar-refractivity contribution in [3.8, 4) is 17.2 Å². The van der Waals surface area contributed by atoms with Crippen molar-refractivity contribution in [2.45, 2.75) is 51.4 Å². The molecule has 132 valence electrons. The molecule has 2 atom stereocenters. The molecule has 24 heavy (non-hydrogen) atoms. The molecule has 3 rings (SSSR count). The molecule has 0 aliphatic carbocycles. The van der Waals surface area contributed by atoms with Gasteiger partial charge in [-0.3, -0.25) is 4.79 Å². The molecule has 1 aromatic rings. The summed E-state index contributed by atoms with van der Waals surface area (Å²) in [5, 5.41) is 10.9. The maximum Gasteiger partial charge on any atom is 0.223 e. The number of ether oxygens (including phenoxy) is 3. The zero-order chi connectivity index (χ0) is 17.5. The quantitative estimate of drug-likeness (QED) is 0.914. The fraction of sp³-hybridized carbons (Fsp3) is 0.611. The molecule has 0 bridgehead atoms. The van der Waals surface area contributed by atoms with Crippen molar-refractivity contribution < 1.29 is 24.1 Å². The van der Waals surface area contributed by atoms with Crippen LogP contribution in [0.25, 0.3) is 0 Å². The van der Waals surface area contributed by atoms with Crippen molar-refractivity contribution >= 4 is 5.91 Å². The molecule has 2 aliphatic rings. The number of hydrogen-bond donors (Lipinski definition) is 1. The SMILES string of the molecule is CCOc1cc2c(cc1OC)[C@H](N1CCCC1=O)[C@@H](O)C(C)(C)O2. The summed E-state index contributed by atoms with van der Waals surface area (Å²) >= 11 is 0. The lowest BCUT2D eigenvalue weighted by molar-refractivity contribution is -0.139. The Morgan fingerprint density at radius 2 is 2.12 bits per heavy atom. The third-order valence-electron chi connectivity index (χ3n) is 4.74. The van der Waals surface area contributed by atoms with E-state index >= 15 is 0 Å². The van der Waals surface area contributed by atoms with E-state index in [-0.39, 0.29) is 5.91 Å². The van der Waals surface area contributed by atoms with Gasteiger partial charge in [0, 0.05) is 24.6 Å². The molecule has 2 heterocycles. The molecule has 6 nitrogen and oxygen atoms in total. The summed E-state index contributed by atoms with van der Waals surface area (Å²) in [5.41, 5.74) is -0.0455. The summed E-state index contributed by atoms with van der Waals surface area (Å²) in [6, 6.07) is 3.16. The second-order valence-corrected chi connectivity index (χ2v) is 6.76. The summed E-state index contributed by atoms with van der Waals surface area (Å²) in [7, 11) is 1.57. The molecular formula is C18H25NO5. The number of amides is 1. The Morgan fingerprint density at radius 1 is 1.38 bits per heavy atom. The molecule has 0 spiro atoms. The van der Waals surface area contributed by atoms with E-state index in [0.29, 0.717) is 36.8 Å². The molecule has 0 aromatic heterocycles. The van der Waals surface area contributed by atoms with E-state index in [1.807, 2.05) is 26.8 Å². The number of carbonyl (C=O) groups is 1. The van der Waals surface area contributed by atoms with Crippen LogP contribution in [0.5, 0.6) is 17.2 Å². The predicted molar refractivity (Wildman–Crippen MR) is 88.6 cm³/mol. The summed E-state index contributed by atoms with van der Waals surface area (Å²) < 4.78 is 17.1. The van der Waals surface area contributed by atoms with Crippen LogP contribution in [0.3, 0.4) is 0 Å². The molecule has 1 fully saturated rings. The molecule has 1 saturated heterocycles. The fourth-order valence-corrected chi connectivity index (χ4v) is 3.50. The van der Waals surface area contributed by atoms with E-state index in [4.69, 9.17) is 14.2 Å². The lowest BCUT2D eigenvalue weighted by Crippen LogP contribution is -2.53. The Hall–Kier alpha value is -1.95. The normalized spacial score (nSPS) is 25.2. The Bertz CT molecular complexity index is 643. The number of nitrogens with zero attached hydrogens (tertiary/aromatic N) is 1. The number of aliphatic hydroxyl groups excluding tert-OH is 1. The molecule has 2 aliphatic heterocycles. The third-order valence-corrected chi connectivity index (χ3v) is 4.74. The monoisotopic (exact) mass is 335 g/mol. The average Bonchev–Trinajstić information content (AvgIpc) is 2.94. The van der Waals surface area contributed by atoms with Gasteiger partial charge in [0.25, 0.3) is 0 Å². The van der Waals surface area contributed by atoms with Crippen LogP contribution in [0.2, 0.25) is 0 Å². The van der Waals surface area contributed by atoms with Gasteiger partial charge >= 0.3 is 0 Å². The number of benzene rings is 1. The minimum absolute atomic E-state index is 0.0653. The third kappa shape index (κ3) is 2.69. The molecule has 6 heteroatoms. The Labute approximate surface area is 142 Å². The van der Waals surface area contributed by atoms with Gasteiger partial charge < -0.3 is 24.2 Å². The van der Waals surface area contributed by atoms with Crippen molar-refractivity contribution in [3.63, 3.8) is 0 Å². The van der Waals surface area contributed by atoms with Gasteiger partial charge in [0.05, 0.1) is 19.8 Å². The summed E-state index contributed by atoms with van der Waals surface area (Å²) in [6.45, 7) is 6.72. The number of aliphatic hydroxyl groups is 1. The first-order valence-electron chi connectivity index (χ1n) is 8.40. The lowest BCUT2D eigenvalue weighted by Gasteiger charge is -2.45. The topological polar surface area (TPSA) is 68.2 Å². The van der Waals surface area contributed by atoms with Crippen LogP contribution < -0.4 is 14.2 Å². The number of fused-ring (bicyclic) bond motifs is 1. The molecule has 0 unspecified atom stereocenters. The molecule has 0 radical (unpaired) electrons. The highest BCUT2D eigenvalue weighted by Crippen LogP contribution is 2.48. The molecule has 1 aromatic carbocycles. The zero-order valence-corrected chi connectivity index (χ0v) is 14.7. The zero-order valence-electron chi connectivity index (χ0n) is 14.7. The van der Waals surface area contributed by atoms with E-state index in [1.165, 1.54) is 0 Å². The van der Waals surface area contributed by atoms with E-state index in [9.17, 15) is 9.90 Å². The Kier molecular flexibility index (Phi) is 4.34. The van der Waals surface area contributed by atoms with Crippen molar-refractivity contribution in [1.82, 2.24) is 4.90 Å². The van der Waals surface area contributed by atoms with Gasteiger partial charge in [-0.1, -0.05) is 0 Å². The molecular weight excluding hydrogens is 310 g/mol. The number of carbonyl (C=O) groups excluding carboxylic acids is 1. The van der Waals surface area contributed by atoms with Gasteiger partial charge in [-0.15, -0.1) is 0 Å². The first-order valence-corrected chi connectivity index (χ1v) is 8.40. The standard InChI is InChI=1S/C18H25NO5/c1-5-23-14-10-12-11(9-13(14)22-4)16(17(21)18(2,3)24-12)19-8-6-7-15(19)20/h9-10,16-17,21H,5-8H2,1-4H3/t16-,17+/m0/s1. The maximum absolute atomic E-state index is 12.3. The Morgan fingerprint density at radius 3 is 2.71 bits per heavy atom. The van der Waals surface area contributed by atoms with Gasteiger partial charge in [-0.25, -0.2) is 0 Å². The predicted octanol–water partition coefficient (Wildman–Crippen LogP) is 2.29. The van der Waals surface area contributed by atoms with Crippen LogP contribution in [0.4, 0.5) is 0 Å². The number of likely N-dealkylation sites (tertiary alicyclic amines) is 1. The highest BCUT2D eigenvalue weighted by molar-refractivity contribution is 5.79. The summed E-state index contributed by atoms with van der Waals surface area (Å²) in [5.74, 6) is 1.86. The van der Waals surface area contributed by atoms with E-state index in [0.717, 1.165) is 12.0 Å². The number of rotatable bonds is 4. The largest absolute Gasteiger partial charge is 0.493 e. The smallest absolute Gasteiger partial charge is 0.223 e. The highest BCUT2D eigenvalue weighted by Gasteiger charge is 2.48. The van der Waals surface area contributed by atoms with Crippen LogP contribution >= 0.6 is 0 Å².